The molecule has 1 fully saturated rings. The molecule has 6 heteroatoms. The summed E-state index contributed by atoms with van der Waals surface area (Å²) in [5, 5.41) is 2.61. The molecule has 1 heterocycles. The number of benzene rings is 1. The van der Waals surface area contributed by atoms with Crippen molar-refractivity contribution in [2.75, 3.05) is 13.1 Å². The predicted octanol–water partition coefficient (Wildman–Crippen LogP) is 2.14. The van der Waals surface area contributed by atoms with Gasteiger partial charge in [-0.3, -0.25) is 0 Å². The first-order valence-corrected chi connectivity index (χ1v) is 6.98. The lowest BCUT2D eigenvalue weighted by atomic mass is 10.2. The third-order valence-electron chi connectivity index (χ3n) is 3.21. The molecule has 1 aromatic carbocycles. The quantitative estimate of drug-likeness (QED) is 0.903. The second-order valence-corrected chi connectivity index (χ2v) is 5.19. The molecule has 0 bridgehead atoms. The fourth-order valence-corrected chi connectivity index (χ4v) is 2.04. The molecule has 1 N–H and O–H groups in total. The minimum absolute atomic E-state index is 0.0903. The Morgan fingerprint density at radius 1 is 1.43 bits per heavy atom. The van der Waals surface area contributed by atoms with E-state index in [1.165, 1.54) is 0 Å². The van der Waals surface area contributed by atoms with Crippen LogP contribution in [0.5, 0.6) is 0 Å². The van der Waals surface area contributed by atoms with Crippen LogP contribution in [0.25, 0.3) is 0 Å². The number of nitrogens with one attached hydrogen (secondary N) is 1. The number of nitrogens with zero attached hydrogens (tertiary/aromatic N) is 1. The molecule has 1 unspecified atom stereocenters. The van der Waals surface area contributed by atoms with Gasteiger partial charge in [0.05, 0.1) is 13.1 Å². The van der Waals surface area contributed by atoms with Crippen LogP contribution in [-0.4, -0.2) is 42.3 Å². The summed E-state index contributed by atoms with van der Waals surface area (Å²) in [5.74, 6) is 0. The second-order valence-electron chi connectivity index (χ2n) is 5.19. The Balaban J connectivity index is 1.69. The van der Waals surface area contributed by atoms with Gasteiger partial charge in [-0.15, -0.1) is 0 Å². The van der Waals surface area contributed by atoms with Crippen LogP contribution in [0, 0.1) is 0 Å². The number of alkyl carbamates (subject to hydrolysis) is 1. The Morgan fingerprint density at radius 2 is 2.14 bits per heavy atom. The molecule has 2 rings (SSSR count). The van der Waals surface area contributed by atoms with Gasteiger partial charge < -0.3 is 19.7 Å². The van der Waals surface area contributed by atoms with E-state index >= 15 is 0 Å². The number of hydrogen-bond donors (Lipinski definition) is 1. The predicted molar refractivity (Wildman–Crippen MR) is 76.7 cm³/mol. The number of ether oxygens (including phenoxy) is 2. The molecule has 0 aromatic heterocycles. The zero-order chi connectivity index (χ0) is 15.2. The van der Waals surface area contributed by atoms with Crippen molar-refractivity contribution in [1.82, 2.24) is 10.2 Å². The molecule has 1 aliphatic heterocycles. The summed E-state index contributed by atoms with van der Waals surface area (Å²) in [6.45, 7) is 4.80. The fourth-order valence-electron chi connectivity index (χ4n) is 2.04. The monoisotopic (exact) mass is 292 g/mol. The van der Waals surface area contributed by atoms with Crippen LogP contribution >= 0.6 is 0 Å². The fraction of sp³-hybridized carbons (Fsp3) is 0.467. The second kappa shape index (κ2) is 6.97. The number of rotatable bonds is 5. The maximum absolute atomic E-state index is 11.6. The molecular formula is C15H20N2O4. The smallest absolute Gasteiger partial charge is 0.410 e. The number of amides is 2. The molecule has 1 aromatic rings. The summed E-state index contributed by atoms with van der Waals surface area (Å²) in [7, 11) is 0. The SMILES string of the molecule is CC(C)N1CC(CNC(=O)OCc2ccccc2)OC1=O. The van der Waals surface area contributed by atoms with Gasteiger partial charge in [0, 0.05) is 6.04 Å². The van der Waals surface area contributed by atoms with E-state index in [0.717, 1.165) is 5.56 Å². The average molecular weight is 292 g/mol. The molecular weight excluding hydrogens is 272 g/mol. The van der Waals surface area contributed by atoms with Gasteiger partial charge in [0.1, 0.15) is 12.7 Å². The van der Waals surface area contributed by atoms with E-state index < -0.39 is 6.09 Å². The van der Waals surface area contributed by atoms with E-state index in [2.05, 4.69) is 5.32 Å². The molecule has 0 radical (unpaired) electrons. The first kappa shape index (κ1) is 15.2. The minimum Gasteiger partial charge on any atom is -0.445 e. The van der Waals surface area contributed by atoms with Gasteiger partial charge >= 0.3 is 12.2 Å². The van der Waals surface area contributed by atoms with E-state index in [9.17, 15) is 9.59 Å². The summed E-state index contributed by atoms with van der Waals surface area (Å²) in [6, 6.07) is 9.52. The highest BCUT2D eigenvalue weighted by atomic mass is 16.6. The Bertz CT molecular complexity index is 490. The first-order valence-electron chi connectivity index (χ1n) is 6.98. The maximum atomic E-state index is 11.6. The Morgan fingerprint density at radius 3 is 2.76 bits per heavy atom. The van der Waals surface area contributed by atoms with E-state index in [-0.39, 0.29) is 31.4 Å². The van der Waals surface area contributed by atoms with Crippen LogP contribution in [0.3, 0.4) is 0 Å². The van der Waals surface area contributed by atoms with Crippen molar-refractivity contribution in [2.45, 2.75) is 32.6 Å². The third kappa shape index (κ3) is 4.37. The lowest BCUT2D eigenvalue weighted by molar-refractivity contribution is 0.117. The number of hydrogen-bond acceptors (Lipinski definition) is 4. The molecule has 1 aliphatic rings. The highest BCUT2D eigenvalue weighted by Gasteiger charge is 2.32. The summed E-state index contributed by atoms with van der Waals surface area (Å²) in [4.78, 5) is 24.8. The van der Waals surface area contributed by atoms with Crippen LogP contribution in [0.4, 0.5) is 9.59 Å². The molecule has 0 spiro atoms. The van der Waals surface area contributed by atoms with Crippen LogP contribution in [0.1, 0.15) is 19.4 Å². The summed E-state index contributed by atoms with van der Waals surface area (Å²) in [5.41, 5.74) is 0.922. The van der Waals surface area contributed by atoms with E-state index in [1.807, 2.05) is 44.2 Å². The lowest BCUT2D eigenvalue weighted by Gasteiger charge is -2.16. The van der Waals surface area contributed by atoms with E-state index in [4.69, 9.17) is 9.47 Å². The number of carbonyl (C=O) groups is 2. The van der Waals surface area contributed by atoms with Crippen molar-refractivity contribution in [3.63, 3.8) is 0 Å². The van der Waals surface area contributed by atoms with Gasteiger partial charge in [-0.25, -0.2) is 9.59 Å². The zero-order valence-corrected chi connectivity index (χ0v) is 12.2. The molecule has 6 nitrogen and oxygen atoms in total. The van der Waals surface area contributed by atoms with Gasteiger partial charge in [-0.2, -0.15) is 0 Å². The highest BCUT2D eigenvalue weighted by molar-refractivity contribution is 5.71. The first-order chi connectivity index (χ1) is 10.1. The minimum atomic E-state index is -0.516. The summed E-state index contributed by atoms with van der Waals surface area (Å²) < 4.78 is 10.3. The Hall–Kier alpha value is -2.24. The van der Waals surface area contributed by atoms with Gasteiger partial charge in [0.2, 0.25) is 0 Å². The third-order valence-corrected chi connectivity index (χ3v) is 3.21. The normalized spacial score (nSPS) is 17.8. The average Bonchev–Trinajstić information content (AvgIpc) is 2.85. The topological polar surface area (TPSA) is 67.9 Å². The van der Waals surface area contributed by atoms with Crippen LogP contribution in [-0.2, 0) is 16.1 Å². The maximum Gasteiger partial charge on any atom is 0.410 e. The molecule has 0 saturated carbocycles. The van der Waals surface area contributed by atoms with Crippen LogP contribution in [0.2, 0.25) is 0 Å². The number of cyclic esters (lactones) is 1. The van der Waals surface area contributed by atoms with Crippen molar-refractivity contribution >= 4 is 12.2 Å². The highest BCUT2D eigenvalue weighted by Crippen LogP contribution is 2.13. The molecule has 1 atom stereocenters. The standard InChI is InChI=1S/C15H20N2O4/c1-11(2)17-9-13(21-15(17)19)8-16-14(18)20-10-12-6-4-3-5-7-12/h3-7,11,13H,8-10H2,1-2H3,(H,16,18). The largest absolute Gasteiger partial charge is 0.445 e. The van der Waals surface area contributed by atoms with Crippen molar-refractivity contribution in [3.05, 3.63) is 35.9 Å². The van der Waals surface area contributed by atoms with Gasteiger partial charge in [-0.1, -0.05) is 30.3 Å². The Kier molecular flexibility index (Phi) is 5.03. The van der Waals surface area contributed by atoms with Gasteiger partial charge in [-0.05, 0) is 19.4 Å². The van der Waals surface area contributed by atoms with Crippen molar-refractivity contribution in [1.29, 1.82) is 0 Å². The van der Waals surface area contributed by atoms with Gasteiger partial charge in [0.25, 0.3) is 0 Å². The molecule has 1 saturated heterocycles. The molecule has 21 heavy (non-hydrogen) atoms. The van der Waals surface area contributed by atoms with Crippen LogP contribution < -0.4 is 5.32 Å². The summed E-state index contributed by atoms with van der Waals surface area (Å²) >= 11 is 0. The van der Waals surface area contributed by atoms with E-state index in [0.29, 0.717) is 6.54 Å². The Labute approximate surface area is 124 Å². The zero-order valence-electron chi connectivity index (χ0n) is 12.2. The lowest BCUT2D eigenvalue weighted by Crippen LogP contribution is -2.36. The molecule has 0 aliphatic carbocycles. The molecule has 114 valence electrons. The molecule has 2 amide bonds. The van der Waals surface area contributed by atoms with Crippen molar-refractivity contribution < 1.29 is 19.1 Å². The van der Waals surface area contributed by atoms with Gasteiger partial charge in [0.15, 0.2) is 0 Å². The van der Waals surface area contributed by atoms with Crippen LogP contribution in [0.15, 0.2) is 30.3 Å². The van der Waals surface area contributed by atoms with Crippen molar-refractivity contribution in [3.8, 4) is 0 Å². The number of carbonyl (C=O) groups excluding carboxylic acids is 2. The van der Waals surface area contributed by atoms with E-state index in [1.54, 1.807) is 4.90 Å². The summed E-state index contributed by atoms with van der Waals surface area (Å²) in [6.07, 6.45) is -1.18. The van der Waals surface area contributed by atoms with Crippen molar-refractivity contribution in [2.24, 2.45) is 0 Å².